The highest BCUT2D eigenvalue weighted by atomic mass is 35.5. The monoisotopic (exact) mass is 377 g/mol. The zero-order chi connectivity index (χ0) is 15.2. The van der Waals surface area contributed by atoms with Crippen LogP contribution in [0.2, 0.25) is 0 Å². The first kappa shape index (κ1) is 21.8. The van der Waals surface area contributed by atoms with Crippen LogP contribution in [-0.2, 0) is 16.1 Å². The van der Waals surface area contributed by atoms with E-state index in [1.165, 1.54) is 11.3 Å². The molecule has 2 unspecified atom stereocenters. The van der Waals surface area contributed by atoms with Gasteiger partial charge < -0.3 is 15.8 Å². The van der Waals surface area contributed by atoms with Crippen molar-refractivity contribution in [2.45, 2.75) is 25.6 Å². The quantitative estimate of drug-likeness (QED) is 0.810. The number of halogens is 2. The number of nitrogens with one attached hydrogen (secondary N) is 1. The van der Waals surface area contributed by atoms with Crippen LogP contribution in [0, 0.1) is 0 Å². The van der Waals surface area contributed by atoms with Gasteiger partial charge in [0.05, 0.1) is 12.2 Å². The van der Waals surface area contributed by atoms with Crippen molar-refractivity contribution in [2.75, 3.05) is 7.11 Å². The van der Waals surface area contributed by atoms with Crippen LogP contribution < -0.4 is 11.1 Å². The standard InChI is InChI=1S/C15H19N3O2S.2ClH/c1-10(20-2)15-18-12(9-21-15)8-17-14(19)13(16)11-6-4-3-5-7-11;;/h3-7,9-10,13H,8,16H2,1-2H3,(H,17,19);2*1H. The number of ether oxygens (including phenoxy) is 1. The molecule has 8 heteroatoms. The zero-order valence-corrected chi connectivity index (χ0v) is 15.3. The largest absolute Gasteiger partial charge is 0.375 e. The number of nitrogens with two attached hydrogens (primary N) is 1. The van der Waals surface area contributed by atoms with Crippen molar-refractivity contribution in [3.63, 3.8) is 0 Å². The van der Waals surface area contributed by atoms with Gasteiger partial charge in [-0.15, -0.1) is 36.2 Å². The third-order valence-corrected chi connectivity index (χ3v) is 4.21. The van der Waals surface area contributed by atoms with Gasteiger partial charge in [0, 0.05) is 12.5 Å². The fraction of sp³-hybridized carbons (Fsp3) is 0.333. The highest BCUT2D eigenvalue weighted by molar-refractivity contribution is 7.09. The summed E-state index contributed by atoms with van der Waals surface area (Å²) in [5.41, 5.74) is 7.53. The number of aromatic nitrogens is 1. The van der Waals surface area contributed by atoms with E-state index in [0.29, 0.717) is 6.54 Å². The van der Waals surface area contributed by atoms with E-state index in [1.807, 2.05) is 42.6 Å². The molecule has 0 aliphatic carbocycles. The Balaban J connectivity index is 0.00000242. The molecule has 1 aromatic carbocycles. The molecule has 0 saturated carbocycles. The lowest BCUT2D eigenvalue weighted by molar-refractivity contribution is -0.122. The molecule has 0 saturated heterocycles. The third kappa shape index (κ3) is 6.08. The molecule has 0 bridgehead atoms. The van der Waals surface area contributed by atoms with Crippen LogP contribution in [0.3, 0.4) is 0 Å². The maximum Gasteiger partial charge on any atom is 0.241 e. The van der Waals surface area contributed by atoms with Gasteiger partial charge in [-0.25, -0.2) is 4.98 Å². The smallest absolute Gasteiger partial charge is 0.241 e. The van der Waals surface area contributed by atoms with Crippen molar-refractivity contribution in [3.05, 3.63) is 52.0 Å². The molecular weight excluding hydrogens is 357 g/mol. The number of hydrogen-bond donors (Lipinski definition) is 2. The van der Waals surface area contributed by atoms with E-state index in [1.54, 1.807) is 7.11 Å². The Labute approximate surface area is 152 Å². The van der Waals surface area contributed by atoms with Crippen LogP contribution in [0.25, 0.3) is 0 Å². The average molecular weight is 378 g/mol. The summed E-state index contributed by atoms with van der Waals surface area (Å²) >= 11 is 1.52. The number of thiazole rings is 1. The minimum absolute atomic E-state index is 0. The fourth-order valence-electron chi connectivity index (χ4n) is 1.79. The molecule has 5 nitrogen and oxygen atoms in total. The predicted octanol–water partition coefficient (Wildman–Crippen LogP) is 3.01. The van der Waals surface area contributed by atoms with Crippen molar-refractivity contribution >= 4 is 42.1 Å². The maximum absolute atomic E-state index is 12.0. The summed E-state index contributed by atoms with van der Waals surface area (Å²) in [6.45, 7) is 2.30. The SMILES string of the molecule is COC(C)c1nc(CNC(=O)C(N)c2ccccc2)cs1.Cl.Cl. The Hall–Kier alpha value is -1.18. The van der Waals surface area contributed by atoms with Gasteiger partial charge in [0.2, 0.25) is 5.91 Å². The van der Waals surface area contributed by atoms with Gasteiger partial charge in [-0.1, -0.05) is 30.3 Å². The van der Waals surface area contributed by atoms with Crippen molar-refractivity contribution in [3.8, 4) is 0 Å². The molecule has 1 amide bonds. The number of benzene rings is 1. The minimum Gasteiger partial charge on any atom is -0.375 e. The second-order valence-electron chi connectivity index (χ2n) is 4.66. The molecule has 0 aliphatic heterocycles. The number of carbonyl (C=O) groups excluding carboxylic acids is 1. The predicted molar refractivity (Wildman–Crippen MR) is 97.3 cm³/mol. The van der Waals surface area contributed by atoms with Gasteiger partial charge in [-0.2, -0.15) is 0 Å². The van der Waals surface area contributed by atoms with Crippen molar-refractivity contribution in [1.82, 2.24) is 10.3 Å². The summed E-state index contributed by atoms with van der Waals surface area (Å²) in [6.07, 6.45) is -0.0361. The van der Waals surface area contributed by atoms with E-state index in [9.17, 15) is 4.79 Å². The van der Waals surface area contributed by atoms with E-state index in [4.69, 9.17) is 10.5 Å². The summed E-state index contributed by atoms with van der Waals surface area (Å²) in [7, 11) is 1.65. The third-order valence-electron chi connectivity index (χ3n) is 3.16. The molecule has 0 radical (unpaired) electrons. The Morgan fingerprint density at radius 2 is 2.00 bits per heavy atom. The van der Waals surface area contributed by atoms with E-state index in [2.05, 4.69) is 10.3 Å². The molecule has 1 heterocycles. The Kier molecular flexibility index (Phi) is 10.0. The molecule has 2 rings (SSSR count). The Bertz CT molecular complexity index is 595. The molecular formula is C15H21Cl2N3O2S. The molecule has 0 fully saturated rings. The number of hydrogen-bond acceptors (Lipinski definition) is 5. The van der Waals surface area contributed by atoms with Gasteiger partial charge >= 0.3 is 0 Å². The number of carbonyl (C=O) groups is 1. The van der Waals surface area contributed by atoms with Gasteiger partial charge in [0.25, 0.3) is 0 Å². The average Bonchev–Trinajstić information content (AvgIpc) is 3.01. The molecule has 23 heavy (non-hydrogen) atoms. The normalized spacial score (nSPS) is 12.5. The summed E-state index contributed by atoms with van der Waals surface area (Å²) in [4.78, 5) is 16.5. The molecule has 3 N–H and O–H groups in total. The van der Waals surface area contributed by atoms with Crippen molar-refractivity contribution in [2.24, 2.45) is 5.73 Å². The first-order valence-corrected chi connectivity index (χ1v) is 7.55. The second kappa shape index (κ2) is 10.6. The van der Waals surface area contributed by atoms with Crippen LogP contribution >= 0.6 is 36.2 Å². The number of amides is 1. The van der Waals surface area contributed by atoms with E-state index < -0.39 is 6.04 Å². The molecule has 2 aromatic rings. The summed E-state index contributed by atoms with van der Waals surface area (Å²) in [5, 5.41) is 5.62. The summed E-state index contributed by atoms with van der Waals surface area (Å²) in [6, 6.07) is 8.63. The number of rotatable bonds is 6. The van der Waals surface area contributed by atoms with Crippen molar-refractivity contribution < 1.29 is 9.53 Å². The van der Waals surface area contributed by atoms with Gasteiger partial charge in [-0.05, 0) is 12.5 Å². The fourth-order valence-corrected chi connectivity index (χ4v) is 2.64. The summed E-state index contributed by atoms with van der Waals surface area (Å²) in [5.74, 6) is -0.212. The van der Waals surface area contributed by atoms with Crippen LogP contribution in [0.15, 0.2) is 35.7 Å². The van der Waals surface area contributed by atoms with Gasteiger partial charge in [0.1, 0.15) is 17.2 Å². The maximum atomic E-state index is 12.0. The lowest BCUT2D eigenvalue weighted by Crippen LogP contribution is -2.33. The Morgan fingerprint density at radius 1 is 1.35 bits per heavy atom. The lowest BCUT2D eigenvalue weighted by Gasteiger charge is -2.11. The second-order valence-corrected chi connectivity index (χ2v) is 5.55. The first-order valence-electron chi connectivity index (χ1n) is 6.67. The number of nitrogens with zero attached hydrogens (tertiary/aromatic N) is 1. The first-order chi connectivity index (χ1) is 10.1. The topological polar surface area (TPSA) is 77.2 Å². The molecule has 128 valence electrons. The molecule has 2 atom stereocenters. The van der Waals surface area contributed by atoms with Crippen LogP contribution in [0.4, 0.5) is 0 Å². The van der Waals surface area contributed by atoms with Crippen LogP contribution in [0.5, 0.6) is 0 Å². The van der Waals surface area contributed by atoms with Gasteiger partial charge in [-0.3, -0.25) is 4.79 Å². The van der Waals surface area contributed by atoms with E-state index in [0.717, 1.165) is 16.3 Å². The van der Waals surface area contributed by atoms with E-state index >= 15 is 0 Å². The molecule has 1 aromatic heterocycles. The minimum atomic E-state index is -0.665. The van der Waals surface area contributed by atoms with Gasteiger partial charge in [0.15, 0.2) is 0 Å². The highest BCUT2D eigenvalue weighted by Crippen LogP contribution is 2.20. The molecule has 0 aliphatic rings. The van der Waals surface area contributed by atoms with Crippen LogP contribution in [0.1, 0.15) is 35.3 Å². The van der Waals surface area contributed by atoms with Crippen molar-refractivity contribution in [1.29, 1.82) is 0 Å². The lowest BCUT2D eigenvalue weighted by atomic mass is 10.1. The molecule has 0 spiro atoms. The zero-order valence-electron chi connectivity index (χ0n) is 12.9. The van der Waals surface area contributed by atoms with Crippen LogP contribution in [-0.4, -0.2) is 18.0 Å². The number of methoxy groups -OCH3 is 1. The van der Waals surface area contributed by atoms with E-state index in [-0.39, 0.29) is 36.8 Å². The highest BCUT2D eigenvalue weighted by Gasteiger charge is 2.16. The Morgan fingerprint density at radius 3 is 2.61 bits per heavy atom. The summed E-state index contributed by atoms with van der Waals surface area (Å²) < 4.78 is 5.21.